The van der Waals surface area contributed by atoms with Crippen LogP contribution < -0.4 is 0 Å². The van der Waals surface area contributed by atoms with E-state index in [-0.39, 0.29) is 6.42 Å². The number of carbonyl (C=O) groups is 5. The van der Waals surface area contributed by atoms with Crippen LogP contribution in [-0.4, -0.2) is 94.0 Å². The van der Waals surface area contributed by atoms with Crippen molar-refractivity contribution < 1.29 is 62.6 Å². The van der Waals surface area contributed by atoms with E-state index in [1.54, 1.807) is 41.5 Å². The number of aliphatic hydroxyl groups is 2. The van der Waals surface area contributed by atoms with Crippen molar-refractivity contribution in [1.82, 2.24) is 0 Å². The van der Waals surface area contributed by atoms with Crippen LogP contribution in [0.4, 0.5) is 0 Å². The molecule has 1 aliphatic heterocycles. The summed E-state index contributed by atoms with van der Waals surface area (Å²) in [4.78, 5) is 64.5. The molecule has 2 bridgehead atoms. The van der Waals surface area contributed by atoms with Crippen LogP contribution in [0.15, 0.2) is 0 Å². The Bertz CT molecular complexity index is 1150. The molecule has 2 saturated carbocycles. The van der Waals surface area contributed by atoms with E-state index in [1.165, 1.54) is 6.92 Å². The molecule has 0 aromatic heterocycles. The van der Waals surface area contributed by atoms with Crippen molar-refractivity contribution in [3.63, 3.8) is 0 Å². The lowest BCUT2D eigenvalue weighted by Gasteiger charge is -2.66. The first-order chi connectivity index (χ1) is 20.2. The van der Waals surface area contributed by atoms with Gasteiger partial charge in [-0.1, -0.05) is 27.7 Å². The SMILES string of the molecule is CCC(C)C(=O)OC[C@]12[C@H](OC(=O)C(C)CC)[C@@H](OC(C)=O)[C@@H]3[C@@H](O)[C@]1(OC3(C)C)[C@@](C)(O)C[C@H](OC(C)=O)[C@@H]2OC(C)=O. The summed E-state index contributed by atoms with van der Waals surface area (Å²) in [6.07, 6.45) is -7.31. The zero-order chi connectivity index (χ0) is 33.6. The maximum Gasteiger partial charge on any atom is 0.309 e. The quantitative estimate of drug-likeness (QED) is 0.265. The molecule has 1 heterocycles. The van der Waals surface area contributed by atoms with Crippen molar-refractivity contribution in [2.45, 2.75) is 136 Å². The third-order valence-corrected chi connectivity index (χ3v) is 9.72. The smallest absolute Gasteiger partial charge is 0.309 e. The lowest BCUT2D eigenvalue weighted by atomic mass is 9.45. The molecule has 1 spiro atoms. The molecular weight excluding hydrogens is 580 g/mol. The predicted molar refractivity (Wildman–Crippen MR) is 151 cm³/mol. The summed E-state index contributed by atoms with van der Waals surface area (Å²) in [5, 5.41) is 24.6. The Kier molecular flexibility index (Phi) is 10.2. The Balaban J connectivity index is 2.51. The minimum absolute atomic E-state index is 0.375. The van der Waals surface area contributed by atoms with E-state index in [2.05, 4.69) is 0 Å². The summed E-state index contributed by atoms with van der Waals surface area (Å²) in [7, 11) is 0. The fourth-order valence-corrected chi connectivity index (χ4v) is 7.45. The van der Waals surface area contributed by atoms with Crippen molar-refractivity contribution in [3.8, 4) is 0 Å². The zero-order valence-corrected chi connectivity index (χ0v) is 27.3. The maximum atomic E-state index is 13.6. The van der Waals surface area contributed by atoms with Crippen molar-refractivity contribution in [1.29, 1.82) is 0 Å². The molecule has 2 aliphatic carbocycles. The van der Waals surface area contributed by atoms with Crippen molar-refractivity contribution >= 4 is 29.8 Å². The van der Waals surface area contributed by atoms with Crippen molar-refractivity contribution in [2.24, 2.45) is 23.2 Å². The van der Waals surface area contributed by atoms with Gasteiger partial charge in [0.15, 0.2) is 12.2 Å². The van der Waals surface area contributed by atoms with Gasteiger partial charge >= 0.3 is 29.8 Å². The lowest BCUT2D eigenvalue weighted by Crippen LogP contribution is -2.85. The maximum absolute atomic E-state index is 13.6. The van der Waals surface area contributed by atoms with E-state index in [9.17, 15) is 34.2 Å². The molecule has 44 heavy (non-hydrogen) atoms. The molecule has 0 amide bonds. The fourth-order valence-electron chi connectivity index (χ4n) is 7.45. The Morgan fingerprint density at radius 2 is 1.34 bits per heavy atom. The van der Waals surface area contributed by atoms with Gasteiger partial charge in [-0.2, -0.15) is 0 Å². The van der Waals surface area contributed by atoms with E-state index < -0.39 is 107 Å². The molecule has 3 fully saturated rings. The van der Waals surface area contributed by atoms with Crippen LogP contribution in [0.5, 0.6) is 0 Å². The molecule has 3 rings (SSSR count). The van der Waals surface area contributed by atoms with Gasteiger partial charge in [-0.3, -0.25) is 24.0 Å². The average Bonchev–Trinajstić information content (AvgIpc) is 3.09. The highest BCUT2D eigenvalue weighted by Gasteiger charge is 2.88. The van der Waals surface area contributed by atoms with Crippen molar-refractivity contribution in [3.05, 3.63) is 0 Å². The molecule has 0 radical (unpaired) electrons. The third-order valence-electron chi connectivity index (χ3n) is 9.72. The molecule has 0 aromatic carbocycles. The molecule has 11 atom stereocenters. The predicted octanol–water partition coefficient (Wildman–Crippen LogP) is 2.01. The van der Waals surface area contributed by atoms with Gasteiger partial charge in [-0.15, -0.1) is 0 Å². The second-order valence-electron chi connectivity index (χ2n) is 13.3. The van der Waals surface area contributed by atoms with E-state index in [4.69, 9.17) is 28.4 Å². The van der Waals surface area contributed by atoms with Gasteiger partial charge in [0.25, 0.3) is 0 Å². The second-order valence-corrected chi connectivity index (χ2v) is 13.3. The number of aliphatic hydroxyl groups excluding tert-OH is 1. The summed E-state index contributed by atoms with van der Waals surface area (Å²) >= 11 is 0. The number of hydrogen-bond donors (Lipinski definition) is 2. The highest BCUT2D eigenvalue weighted by atomic mass is 16.6. The first-order valence-electron chi connectivity index (χ1n) is 15.2. The first-order valence-corrected chi connectivity index (χ1v) is 15.2. The number of esters is 5. The summed E-state index contributed by atoms with van der Waals surface area (Å²) in [6.45, 7) is 14.1. The minimum atomic E-state index is -2.17. The summed E-state index contributed by atoms with van der Waals surface area (Å²) in [6, 6.07) is 0. The topological polar surface area (TPSA) is 181 Å². The third kappa shape index (κ3) is 5.71. The van der Waals surface area contributed by atoms with Gasteiger partial charge in [-0.25, -0.2) is 0 Å². The van der Waals surface area contributed by atoms with Gasteiger partial charge in [-0.05, 0) is 33.6 Å². The van der Waals surface area contributed by atoms with E-state index in [0.717, 1.165) is 20.8 Å². The van der Waals surface area contributed by atoms with E-state index in [0.29, 0.717) is 12.8 Å². The largest absolute Gasteiger partial charge is 0.464 e. The Morgan fingerprint density at radius 1 is 0.818 bits per heavy atom. The van der Waals surface area contributed by atoms with Crippen LogP contribution >= 0.6 is 0 Å². The fraction of sp³-hybridized carbons (Fsp3) is 0.839. The standard InChI is InChI=1S/C31H48O13/c1-11-15(3)26(36)39-14-30-24(42-19(7)34)20(40-17(5)32)13-29(10,38)31(30)23(35)21(28(8,9)44-31)22(41-18(6)33)25(30)43-27(37)16(4)12-2/h15-16,20-25,35,38H,11-14H2,1-10H3/t15?,16?,20-,21+,22-,23+,24-,25+,29-,30-,31-/m0/s1. The minimum Gasteiger partial charge on any atom is -0.464 e. The molecule has 2 N–H and O–H groups in total. The summed E-state index contributed by atoms with van der Waals surface area (Å²) in [5.74, 6) is -6.11. The molecule has 250 valence electrons. The molecule has 13 nitrogen and oxygen atoms in total. The van der Waals surface area contributed by atoms with Gasteiger partial charge < -0.3 is 38.6 Å². The van der Waals surface area contributed by atoms with E-state index >= 15 is 0 Å². The first kappa shape index (κ1) is 35.7. The summed E-state index contributed by atoms with van der Waals surface area (Å²) < 4.78 is 36.0. The molecule has 13 heteroatoms. The van der Waals surface area contributed by atoms with E-state index in [1.807, 2.05) is 0 Å². The van der Waals surface area contributed by atoms with Crippen LogP contribution in [-0.2, 0) is 52.4 Å². The number of carbonyl (C=O) groups excluding carboxylic acids is 5. The number of rotatable bonds is 10. The number of hydrogen-bond acceptors (Lipinski definition) is 13. The van der Waals surface area contributed by atoms with Gasteiger partial charge in [0.05, 0.1) is 35.1 Å². The highest BCUT2D eigenvalue weighted by molar-refractivity contribution is 5.73. The van der Waals surface area contributed by atoms with Crippen LogP contribution in [0.1, 0.15) is 88.5 Å². The van der Waals surface area contributed by atoms with Gasteiger partial charge in [0.1, 0.15) is 29.8 Å². The second kappa shape index (κ2) is 12.6. The normalized spacial score (nSPS) is 38.4. The van der Waals surface area contributed by atoms with Crippen LogP contribution in [0.25, 0.3) is 0 Å². The molecule has 2 unspecified atom stereocenters. The van der Waals surface area contributed by atoms with Gasteiger partial charge in [0.2, 0.25) is 0 Å². The van der Waals surface area contributed by atoms with Crippen LogP contribution in [0.2, 0.25) is 0 Å². The molecule has 1 saturated heterocycles. The molecular formula is C31H48O13. The monoisotopic (exact) mass is 628 g/mol. The molecule has 3 aliphatic rings. The Hall–Kier alpha value is -2.77. The lowest BCUT2D eigenvalue weighted by molar-refractivity contribution is -0.364. The number of fused-ring (bicyclic) bond motifs is 1. The summed E-state index contributed by atoms with van der Waals surface area (Å²) in [5.41, 5.74) is -7.77. The Labute approximate surface area is 258 Å². The van der Waals surface area contributed by atoms with Crippen LogP contribution in [0, 0.1) is 23.2 Å². The highest BCUT2D eigenvalue weighted by Crippen LogP contribution is 2.69. The van der Waals surface area contributed by atoms with Crippen molar-refractivity contribution in [2.75, 3.05) is 6.61 Å². The van der Waals surface area contributed by atoms with Gasteiger partial charge in [0, 0.05) is 27.2 Å². The number of ether oxygens (including phenoxy) is 6. The zero-order valence-electron chi connectivity index (χ0n) is 27.3. The van der Waals surface area contributed by atoms with Crippen LogP contribution in [0.3, 0.4) is 0 Å². The molecule has 0 aromatic rings. The Morgan fingerprint density at radius 3 is 1.84 bits per heavy atom. The average molecular weight is 629 g/mol.